The van der Waals surface area contributed by atoms with Gasteiger partial charge in [0, 0.05) is 31.5 Å². The van der Waals surface area contributed by atoms with Crippen LogP contribution in [0.4, 0.5) is 5.82 Å². The van der Waals surface area contributed by atoms with Gasteiger partial charge in [-0.15, -0.1) is 10.2 Å². The molecule has 2 N–H and O–H groups in total. The third-order valence-corrected chi connectivity index (χ3v) is 3.24. The summed E-state index contributed by atoms with van der Waals surface area (Å²) in [5, 5.41) is 8.27. The molecule has 2 aromatic heterocycles. The number of nitrogens with zero attached hydrogens (tertiary/aromatic N) is 5. The highest BCUT2D eigenvalue weighted by Crippen LogP contribution is 2.21. The van der Waals surface area contributed by atoms with Gasteiger partial charge in [-0.3, -0.25) is 4.40 Å². The minimum Gasteiger partial charge on any atom is -0.352 e. The van der Waals surface area contributed by atoms with Gasteiger partial charge in [-0.25, -0.2) is 4.98 Å². The molecule has 0 unspecified atom stereocenters. The van der Waals surface area contributed by atoms with Crippen LogP contribution in [0.25, 0.3) is 5.65 Å². The van der Waals surface area contributed by atoms with Crippen molar-refractivity contribution in [1.82, 2.24) is 19.6 Å². The van der Waals surface area contributed by atoms with Gasteiger partial charge in [0.1, 0.15) is 5.82 Å². The maximum Gasteiger partial charge on any atom is 0.203 e. The minimum absolute atomic E-state index is 0.231. The molecule has 3 rings (SSSR count). The molecule has 90 valence electrons. The second kappa shape index (κ2) is 3.96. The number of rotatable bonds is 1. The van der Waals surface area contributed by atoms with Crippen LogP contribution < -0.4 is 10.6 Å². The van der Waals surface area contributed by atoms with Crippen molar-refractivity contribution in [2.24, 2.45) is 5.73 Å². The summed E-state index contributed by atoms with van der Waals surface area (Å²) in [6.07, 6.45) is 5.87. The van der Waals surface area contributed by atoms with Crippen molar-refractivity contribution in [3.05, 3.63) is 18.2 Å². The molecule has 0 radical (unpaired) electrons. The first-order valence-electron chi connectivity index (χ1n) is 5.92. The standard InChI is InChI=1S/C11H16N6/c1-8-14-15-11-10(13-4-6-17(8)11)16-5-2-3-9(12)7-16/h4,6,9H,2-3,5,7,12H2,1H3/t9-/m1/s1. The van der Waals surface area contributed by atoms with Crippen LogP contribution in [0.2, 0.25) is 0 Å². The topological polar surface area (TPSA) is 72.3 Å². The zero-order chi connectivity index (χ0) is 11.8. The van der Waals surface area contributed by atoms with Crippen LogP contribution in [0.15, 0.2) is 12.4 Å². The molecule has 0 spiro atoms. The highest BCUT2D eigenvalue weighted by Gasteiger charge is 2.21. The molecule has 17 heavy (non-hydrogen) atoms. The first kappa shape index (κ1) is 10.5. The number of aryl methyl sites for hydroxylation is 1. The quantitative estimate of drug-likeness (QED) is 0.768. The Balaban J connectivity index is 2.04. The van der Waals surface area contributed by atoms with E-state index in [4.69, 9.17) is 5.73 Å². The SMILES string of the molecule is Cc1nnc2c(N3CCC[C@@H](N)C3)nccn12. The Labute approximate surface area is 99.5 Å². The van der Waals surface area contributed by atoms with Crippen LogP contribution >= 0.6 is 0 Å². The Hall–Kier alpha value is -1.69. The van der Waals surface area contributed by atoms with E-state index in [0.29, 0.717) is 0 Å². The van der Waals surface area contributed by atoms with Gasteiger partial charge in [0.25, 0.3) is 0 Å². The summed E-state index contributed by atoms with van der Waals surface area (Å²) >= 11 is 0. The molecule has 0 aliphatic carbocycles. The zero-order valence-corrected chi connectivity index (χ0v) is 9.87. The van der Waals surface area contributed by atoms with Crippen LogP contribution in [0.5, 0.6) is 0 Å². The van der Waals surface area contributed by atoms with Crippen molar-refractivity contribution in [1.29, 1.82) is 0 Å². The lowest BCUT2D eigenvalue weighted by Crippen LogP contribution is -2.43. The smallest absolute Gasteiger partial charge is 0.203 e. The first-order valence-corrected chi connectivity index (χ1v) is 5.92. The number of nitrogens with two attached hydrogens (primary N) is 1. The maximum atomic E-state index is 6.00. The summed E-state index contributed by atoms with van der Waals surface area (Å²) in [6.45, 7) is 3.77. The van der Waals surface area contributed by atoms with E-state index in [1.165, 1.54) is 0 Å². The Morgan fingerprint density at radius 3 is 3.12 bits per heavy atom. The van der Waals surface area contributed by atoms with E-state index in [0.717, 1.165) is 43.2 Å². The van der Waals surface area contributed by atoms with Crippen LogP contribution in [0.1, 0.15) is 18.7 Å². The Morgan fingerprint density at radius 2 is 2.29 bits per heavy atom. The number of fused-ring (bicyclic) bond motifs is 1. The van der Waals surface area contributed by atoms with Gasteiger partial charge in [0.2, 0.25) is 5.65 Å². The number of hydrogen-bond acceptors (Lipinski definition) is 5. The normalized spacial score (nSPS) is 21.1. The van der Waals surface area contributed by atoms with E-state index in [1.807, 2.05) is 17.5 Å². The molecular weight excluding hydrogens is 216 g/mol. The third-order valence-electron chi connectivity index (χ3n) is 3.24. The van der Waals surface area contributed by atoms with Crippen LogP contribution in [0.3, 0.4) is 0 Å². The van der Waals surface area contributed by atoms with Crippen molar-refractivity contribution in [3.63, 3.8) is 0 Å². The number of aromatic nitrogens is 4. The molecule has 2 aromatic rings. The summed E-state index contributed by atoms with van der Waals surface area (Å²) in [5.41, 5.74) is 6.82. The van der Waals surface area contributed by atoms with Crippen LogP contribution in [-0.2, 0) is 0 Å². The molecule has 0 bridgehead atoms. The lowest BCUT2D eigenvalue weighted by molar-refractivity contribution is 0.503. The molecular formula is C11H16N6. The molecule has 1 fully saturated rings. The van der Waals surface area contributed by atoms with Gasteiger partial charge in [-0.2, -0.15) is 0 Å². The van der Waals surface area contributed by atoms with E-state index in [1.54, 1.807) is 6.20 Å². The molecule has 1 saturated heterocycles. The van der Waals surface area contributed by atoms with E-state index >= 15 is 0 Å². The zero-order valence-electron chi connectivity index (χ0n) is 9.87. The van der Waals surface area contributed by atoms with Crippen molar-refractivity contribution < 1.29 is 0 Å². The number of piperidine rings is 1. The summed E-state index contributed by atoms with van der Waals surface area (Å²) in [6, 6.07) is 0.231. The van der Waals surface area contributed by atoms with Gasteiger partial charge in [0.15, 0.2) is 5.82 Å². The van der Waals surface area contributed by atoms with E-state index in [9.17, 15) is 0 Å². The maximum absolute atomic E-state index is 6.00. The molecule has 1 aliphatic heterocycles. The summed E-state index contributed by atoms with van der Waals surface area (Å²) in [5.74, 6) is 1.77. The number of anilines is 1. The predicted octanol–water partition coefficient (Wildman–Crippen LogP) is 0.360. The Bertz CT molecular complexity index is 534. The van der Waals surface area contributed by atoms with Crippen molar-refractivity contribution in [3.8, 4) is 0 Å². The summed E-state index contributed by atoms with van der Waals surface area (Å²) in [4.78, 5) is 6.63. The molecule has 0 aromatic carbocycles. The highest BCUT2D eigenvalue weighted by atomic mass is 15.3. The van der Waals surface area contributed by atoms with Gasteiger partial charge >= 0.3 is 0 Å². The molecule has 6 heteroatoms. The Kier molecular flexibility index (Phi) is 2.44. The van der Waals surface area contributed by atoms with Gasteiger partial charge in [-0.05, 0) is 19.8 Å². The van der Waals surface area contributed by atoms with Crippen LogP contribution in [-0.4, -0.2) is 38.7 Å². The fraction of sp³-hybridized carbons (Fsp3) is 0.545. The van der Waals surface area contributed by atoms with Crippen molar-refractivity contribution in [2.45, 2.75) is 25.8 Å². The molecule has 3 heterocycles. The number of hydrogen-bond donors (Lipinski definition) is 1. The molecule has 0 amide bonds. The average molecular weight is 232 g/mol. The van der Waals surface area contributed by atoms with E-state index in [-0.39, 0.29) is 6.04 Å². The lowest BCUT2D eigenvalue weighted by Gasteiger charge is -2.31. The minimum atomic E-state index is 0.231. The first-order chi connectivity index (χ1) is 8.25. The molecule has 1 atom stereocenters. The van der Waals surface area contributed by atoms with Gasteiger partial charge in [0.05, 0.1) is 0 Å². The van der Waals surface area contributed by atoms with E-state index in [2.05, 4.69) is 20.1 Å². The second-order valence-corrected chi connectivity index (χ2v) is 4.54. The van der Waals surface area contributed by atoms with Crippen molar-refractivity contribution in [2.75, 3.05) is 18.0 Å². The fourth-order valence-corrected chi connectivity index (χ4v) is 2.35. The van der Waals surface area contributed by atoms with Crippen molar-refractivity contribution >= 4 is 11.5 Å². The summed E-state index contributed by atoms with van der Waals surface area (Å²) in [7, 11) is 0. The Morgan fingerprint density at radius 1 is 1.41 bits per heavy atom. The average Bonchev–Trinajstić information content (AvgIpc) is 2.71. The third kappa shape index (κ3) is 1.74. The largest absolute Gasteiger partial charge is 0.352 e. The fourth-order valence-electron chi connectivity index (χ4n) is 2.35. The lowest BCUT2D eigenvalue weighted by atomic mass is 10.1. The molecule has 0 saturated carbocycles. The van der Waals surface area contributed by atoms with E-state index < -0.39 is 0 Å². The molecule has 1 aliphatic rings. The monoisotopic (exact) mass is 232 g/mol. The second-order valence-electron chi connectivity index (χ2n) is 4.54. The van der Waals surface area contributed by atoms with Gasteiger partial charge in [-0.1, -0.05) is 0 Å². The highest BCUT2D eigenvalue weighted by molar-refractivity contribution is 5.63. The van der Waals surface area contributed by atoms with Crippen LogP contribution in [0, 0.1) is 6.92 Å². The van der Waals surface area contributed by atoms with Gasteiger partial charge < -0.3 is 10.6 Å². The summed E-state index contributed by atoms with van der Waals surface area (Å²) < 4.78 is 1.96. The molecule has 6 nitrogen and oxygen atoms in total. The predicted molar refractivity (Wildman–Crippen MR) is 64.9 cm³/mol.